The zero-order valence-corrected chi connectivity index (χ0v) is 10.5. The van der Waals surface area contributed by atoms with Crippen LogP contribution >= 0.6 is 0 Å². The first-order valence-corrected chi connectivity index (χ1v) is 6.10. The first-order chi connectivity index (χ1) is 8.76. The van der Waals surface area contributed by atoms with Crippen LogP contribution in [0.1, 0.15) is 6.42 Å². The largest absolute Gasteiger partial charge is 0.490 e. The minimum Gasteiger partial charge on any atom is -0.490 e. The van der Waals surface area contributed by atoms with Gasteiger partial charge in [-0.2, -0.15) is 0 Å². The molecule has 1 aliphatic rings. The molecule has 5 heteroatoms. The molecule has 0 saturated heterocycles. The molecule has 18 heavy (non-hydrogen) atoms. The average molecular weight is 253 g/mol. The lowest BCUT2D eigenvalue weighted by molar-refractivity contribution is 0.190. The summed E-state index contributed by atoms with van der Waals surface area (Å²) in [6.45, 7) is 1.12. The SMILES string of the molecule is CN(c1ccc2c(c1)OCCCO2)C(CO)CO. The molecule has 5 nitrogen and oxygen atoms in total. The maximum Gasteiger partial charge on any atom is 0.163 e. The molecule has 0 fully saturated rings. The highest BCUT2D eigenvalue weighted by molar-refractivity contribution is 5.56. The van der Waals surface area contributed by atoms with Gasteiger partial charge in [0.15, 0.2) is 11.5 Å². The Morgan fingerprint density at radius 1 is 1.17 bits per heavy atom. The highest BCUT2D eigenvalue weighted by Gasteiger charge is 2.16. The van der Waals surface area contributed by atoms with E-state index in [1.54, 1.807) is 0 Å². The van der Waals surface area contributed by atoms with Gasteiger partial charge in [0.25, 0.3) is 0 Å². The van der Waals surface area contributed by atoms with Crippen molar-refractivity contribution in [1.29, 1.82) is 0 Å². The summed E-state index contributed by atoms with van der Waals surface area (Å²) in [5.74, 6) is 1.46. The lowest BCUT2D eigenvalue weighted by Crippen LogP contribution is -2.37. The van der Waals surface area contributed by atoms with Crippen LogP contribution < -0.4 is 14.4 Å². The van der Waals surface area contributed by atoms with Crippen LogP contribution in [-0.2, 0) is 0 Å². The molecule has 0 bridgehead atoms. The van der Waals surface area contributed by atoms with Gasteiger partial charge in [-0.15, -0.1) is 0 Å². The fourth-order valence-electron chi connectivity index (χ4n) is 1.88. The summed E-state index contributed by atoms with van der Waals surface area (Å²) < 4.78 is 11.2. The zero-order chi connectivity index (χ0) is 13.0. The molecule has 0 amide bonds. The summed E-state index contributed by atoms with van der Waals surface area (Å²) in [5.41, 5.74) is 0.882. The van der Waals surface area contributed by atoms with E-state index in [0.29, 0.717) is 19.0 Å². The van der Waals surface area contributed by atoms with Crippen LogP contribution in [0.3, 0.4) is 0 Å². The van der Waals surface area contributed by atoms with E-state index in [4.69, 9.17) is 9.47 Å². The van der Waals surface area contributed by atoms with Gasteiger partial charge >= 0.3 is 0 Å². The summed E-state index contributed by atoms with van der Waals surface area (Å²) in [5, 5.41) is 18.4. The monoisotopic (exact) mass is 253 g/mol. The van der Waals surface area contributed by atoms with E-state index in [2.05, 4.69) is 0 Å². The number of hydrogen-bond donors (Lipinski definition) is 2. The highest BCUT2D eigenvalue weighted by Crippen LogP contribution is 2.33. The summed E-state index contributed by atoms with van der Waals surface area (Å²) in [6, 6.07) is 5.32. The Morgan fingerprint density at radius 2 is 1.83 bits per heavy atom. The summed E-state index contributed by atoms with van der Waals surface area (Å²) in [4.78, 5) is 1.83. The van der Waals surface area contributed by atoms with Crippen molar-refractivity contribution < 1.29 is 19.7 Å². The van der Waals surface area contributed by atoms with E-state index >= 15 is 0 Å². The minimum atomic E-state index is -0.310. The maximum absolute atomic E-state index is 9.18. The highest BCUT2D eigenvalue weighted by atomic mass is 16.5. The molecule has 100 valence electrons. The summed E-state index contributed by atoms with van der Waals surface area (Å²) in [6.07, 6.45) is 0.871. The molecule has 0 atom stereocenters. The molecular formula is C13H19NO4. The normalized spacial score (nSPS) is 14.4. The number of fused-ring (bicyclic) bond motifs is 1. The number of ether oxygens (including phenoxy) is 2. The van der Waals surface area contributed by atoms with Crippen molar-refractivity contribution in [2.75, 3.05) is 38.4 Å². The van der Waals surface area contributed by atoms with Crippen LogP contribution in [0, 0.1) is 0 Å². The van der Waals surface area contributed by atoms with Crippen LogP contribution in [-0.4, -0.2) is 49.7 Å². The van der Waals surface area contributed by atoms with Gasteiger partial charge in [-0.3, -0.25) is 0 Å². The number of rotatable bonds is 4. The van der Waals surface area contributed by atoms with Gasteiger partial charge < -0.3 is 24.6 Å². The predicted octanol–water partition coefficient (Wildman–Crippen LogP) is 0.637. The van der Waals surface area contributed by atoms with E-state index in [0.717, 1.165) is 17.9 Å². The number of likely N-dealkylation sites (N-methyl/N-ethyl adjacent to an activating group) is 1. The third kappa shape index (κ3) is 2.68. The van der Waals surface area contributed by atoms with Crippen LogP contribution in [0.15, 0.2) is 18.2 Å². The van der Waals surface area contributed by atoms with Gasteiger partial charge in [0.1, 0.15) is 0 Å². The standard InChI is InChI=1S/C13H19NO4/c1-14(11(8-15)9-16)10-3-4-12-13(7-10)18-6-2-5-17-12/h3-4,7,11,15-16H,2,5-6,8-9H2,1H3. The Hall–Kier alpha value is -1.46. The molecule has 0 unspecified atom stereocenters. The van der Waals surface area contributed by atoms with Crippen LogP contribution in [0.2, 0.25) is 0 Å². The Kier molecular flexibility index (Phi) is 4.28. The molecule has 1 aromatic rings. The van der Waals surface area contributed by atoms with Crippen molar-refractivity contribution in [3.05, 3.63) is 18.2 Å². The van der Waals surface area contributed by atoms with Crippen molar-refractivity contribution in [2.24, 2.45) is 0 Å². The lowest BCUT2D eigenvalue weighted by Gasteiger charge is -2.27. The van der Waals surface area contributed by atoms with Crippen LogP contribution in [0.5, 0.6) is 11.5 Å². The first-order valence-electron chi connectivity index (χ1n) is 6.10. The van der Waals surface area contributed by atoms with Crippen LogP contribution in [0.25, 0.3) is 0 Å². The quantitative estimate of drug-likeness (QED) is 0.824. The van der Waals surface area contributed by atoms with Crippen molar-refractivity contribution in [3.8, 4) is 11.5 Å². The van der Waals surface area contributed by atoms with Crippen molar-refractivity contribution in [3.63, 3.8) is 0 Å². The number of aliphatic hydroxyl groups is 2. The van der Waals surface area contributed by atoms with E-state index < -0.39 is 0 Å². The second-order valence-electron chi connectivity index (χ2n) is 4.31. The Morgan fingerprint density at radius 3 is 2.50 bits per heavy atom. The topological polar surface area (TPSA) is 62.2 Å². The van der Waals surface area contributed by atoms with Crippen molar-refractivity contribution in [1.82, 2.24) is 0 Å². The van der Waals surface area contributed by atoms with Gasteiger partial charge in [0, 0.05) is 25.2 Å². The zero-order valence-electron chi connectivity index (χ0n) is 10.5. The number of aliphatic hydroxyl groups excluding tert-OH is 2. The van der Waals surface area contributed by atoms with Gasteiger partial charge in [-0.25, -0.2) is 0 Å². The summed E-state index contributed by atoms with van der Waals surface area (Å²) in [7, 11) is 1.83. The second kappa shape index (κ2) is 5.93. The number of hydrogen-bond acceptors (Lipinski definition) is 5. The third-order valence-electron chi connectivity index (χ3n) is 3.11. The molecule has 0 aliphatic carbocycles. The molecule has 0 aromatic heterocycles. The molecule has 0 saturated carbocycles. The second-order valence-corrected chi connectivity index (χ2v) is 4.31. The fraction of sp³-hybridized carbons (Fsp3) is 0.538. The Labute approximate surface area is 107 Å². The van der Waals surface area contributed by atoms with Crippen molar-refractivity contribution >= 4 is 5.69 Å². The molecule has 2 N–H and O–H groups in total. The van der Waals surface area contributed by atoms with E-state index in [1.165, 1.54) is 0 Å². The maximum atomic E-state index is 9.18. The van der Waals surface area contributed by atoms with E-state index in [-0.39, 0.29) is 19.3 Å². The fourth-order valence-corrected chi connectivity index (χ4v) is 1.88. The number of anilines is 1. The van der Waals surface area contributed by atoms with Gasteiger partial charge in [0.05, 0.1) is 32.5 Å². The van der Waals surface area contributed by atoms with Gasteiger partial charge in [-0.05, 0) is 12.1 Å². The average Bonchev–Trinajstić information content (AvgIpc) is 2.64. The molecule has 0 radical (unpaired) electrons. The molecule has 1 aromatic carbocycles. The predicted molar refractivity (Wildman–Crippen MR) is 68.4 cm³/mol. The van der Waals surface area contributed by atoms with Crippen LogP contribution in [0.4, 0.5) is 5.69 Å². The van der Waals surface area contributed by atoms with Gasteiger partial charge in [-0.1, -0.05) is 0 Å². The third-order valence-corrected chi connectivity index (χ3v) is 3.11. The molecule has 2 rings (SSSR count). The first kappa shape index (κ1) is 13.0. The Balaban J connectivity index is 2.21. The lowest BCUT2D eigenvalue weighted by atomic mass is 10.2. The molecular weight excluding hydrogens is 234 g/mol. The van der Waals surface area contributed by atoms with E-state index in [9.17, 15) is 10.2 Å². The minimum absolute atomic E-state index is 0.0958. The number of benzene rings is 1. The van der Waals surface area contributed by atoms with Crippen molar-refractivity contribution in [2.45, 2.75) is 12.5 Å². The summed E-state index contributed by atoms with van der Waals surface area (Å²) >= 11 is 0. The van der Waals surface area contributed by atoms with Gasteiger partial charge in [0.2, 0.25) is 0 Å². The molecule has 1 aliphatic heterocycles. The molecule has 1 heterocycles. The Bertz CT molecular complexity index is 393. The number of nitrogens with zero attached hydrogens (tertiary/aromatic N) is 1. The van der Waals surface area contributed by atoms with E-state index in [1.807, 2.05) is 30.1 Å². The smallest absolute Gasteiger partial charge is 0.163 e. The molecule has 0 spiro atoms.